The molecule has 0 aromatic heterocycles. The molecule has 408 valence electrons. The van der Waals surface area contributed by atoms with Gasteiger partial charge in [-0.25, -0.2) is 4.57 Å². The van der Waals surface area contributed by atoms with Crippen molar-refractivity contribution in [3.8, 4) is 0 Å². The first-order valence-corrected chi connectivity index (χ1v) is 28.9. The van der Waals surface area contributed by atoms with Crippen molar-refractivity contribution in [2.45, 2.75) is 213 Å². The van der Waals surface area contributed by atoms with Gasteiger partial charge in [-0.1, -0.05) is 187 Å². The van der Waals surface area contributed by atoms with Gasteiger partial charge >= 0.3 is 25.7 Å². The third kappa shape index (κ3) is 50.8. The molecule has 0 fully saturated rings. The number of rotatable bonds is 49. The van der Waals surface area contributed by atoms with Gasteiger partial charge in [0.15, 0.2) is 6.10 Å². The Bertz CT molecular complexity index is 1670. The monoisotopic (exact) mass is 1020 g/mol. The molecule has 12 heteroatoms. The van der Waals surface area contributed by atoms with Crippen LogP contribution in [0, 0.1) is 0 Å². The molecule has 0 aromatic rings. The zero-order valence-corrected chi connectivity index (χ0v) is 45.7. The molecule has 0 saturated carbocycles. The molecule has 3 atom stereocenters. The second-order valence-electron chi connectivity index (χ2n) is 17.6. The van der Waals surface area contributed by atoms with Crippen LogP contribution in [0.25, 0.3) is 0 Å². The Morgan fingerprint density at radius 3 is 1.15 bits per heavy atom. The van der Waals surface area contributed by atoms with E-state index >= 15 is 0 Å². The van der Waals surface area contributed by atoms with Gasteiger partial charge in [0.05, 0.1) is 19.8 Å². The topological polar surface area (TPSA) is 155 Å². The van der Waals surface area contributed by atoms with Crippen molar-refractivity contribution in [2.75, 3.05) is 26.4 Å². The van der Waals surface area contributed by atoms with Crippen molar-refractivity contribution in [1.82, 2.24) is 0 Å². The van der Waals surface area contributed by atoms with Crippen LogP contribution in [-0.4, -0.2) is 66.5 Å². The maximum atomic E-state index is 12.9. The van der Waals surface area contributed by atoms with Crippen molar-refractivity contribution >= 4 is 25.7 Å². The summed E-state index contributed by atoms with van der Waals surface area (Å²) in [4.78, 5) is 48.4. The van der Waals surface area contributed by atoms with Gasteiger partial charge < -0.3 is 24.2 Å². The molecule has 0 rings (SSSR count). The van der Waals surface area contributed by atoms with Crippen molar-refractivity contribution in [1.29, 1.82) is 0 Å². The quantitative estimate of drug-likeness (QED) is 0.0197. The van der Waals surface area contributed by atoms with Gasteiger partial charge in [-0.15, -0.1) is 0 Å². The molecule has 0 amide bonds. The summed E-state index contributed by atoms with van der Waals surface area (Å²) in [7, 11) is -4.77. The van der Waals surface area contributed by atoms with Gasteiger partial charge in [-0.05, 0) is 116 Å². The number of carbonyl (C=O) groups is 3. The Balaban J connectivity index is 4.88. The largest absolute Gasteiger partial charge is 0.472 e. The lowest BCUT2D eigenvalue weighted by Gasteiger charge is -2.21. The molecule has 0 aromatic carbocycles. The van der Waals surface area contributed by atoms with Crippen molar-refractivity contribution in [2.24, 2.45) is 0 Å². The van der Waals surface area contributed by atoms with E-state index in [-0.39, 0.29) is 25.9 Å². The Morgan fingerprint density at radius 1 is 0.403 bits per heavy atom. The maximum absolute atomic E-state index is 12.9. The molecule has 0 spiro atoms. The van der Waals surface area contributed by atoms with E-state index < -0.39 is 57.8 Å². The number of phosphoric ester groups is 1. The van der Waals surface area contributed by atoms with Gasteiger partial charge in [0, 0.05) is 19.3 Å². The van der Waals surface area contributed by atoms with Crippen LogP contribution in [0.1, 0.15) is 201 Å². The second-order valence-corrected chi connectivity index (χ2v) is 19.1. The van der Waals surface area contributed by atoms with Crippen molar-refractivity contribution < 1.29 is 52.2 Å². The minimum absolute atomic E-state index is 0.128. The fourth-order valence-electron chi connectivity index (χ4n) is 6.74. The normalized spacial score (nSPS) is 14.3. The number of hydrogen-bond acceptors (Lipinski definition) is 10. The molecule has 0 bridgehead atoms. The lowest BCUT2D eigenvalue weighted by molar-refractivity contribution is -0.161. The number of carbonyl (C=O) groups excluding carboxylic acids is 3. The van der Waals surface area contributed by atoms with Crippen molar-refractivity contribution in [3.05, 3.63) is 122 Å². The predicted octanol–water partition coefficient (Wildman–Crippen LogP) is 16.0. The van der Waals surface area contributed by atoms with Crippen molar-refractivity contribution in [3.63, 3.8) is 0 Å². The van der Waals surface area contributed by atoms with E-state index in [1.54, 1.807) is 0 Å². The Morgan fingerprint density at radius 2 is 0.736 bits per heavy atom. The zero-order valence-electron chi connectivity index (χ0n) is 44.8. The Hall–Kier alpha value is -4.12. The summed E-state index contributed by atoms with van der Waals surface area (Å²) in [5.41, 5.74) is 0. The number of aliphatic hydroxyl groups excluding tert-OH is 1. The van der Waals surface area contributed by atoms with Gasteiger partial charge in [-0.2, -0.15) is 0 Å². The molecule has 0 saturated heterocycles. The van der Waals surface area contributed by atoms with Crippen LogP contribution < -0.4 is 0 Å². The lowest BCUT2D eigenvalue weighted by Crippen LogP contribution is -2.30. The second kappa shape index (κ2) is 53.2. The number of allylic oxidation sites excluding steroid dienone is 20. The summed E-state index contributed by atoms with van der Waals surface area (Å²) in [5, 5.41) is 9.79. The molecule has 11 nitrogen and oxygen atoms in total. The van der Waals surface area contributed by atoms with E-state index in [0.29, 0.717) is 25.7 Å². The Labute approximate surface area is 437 Å². The number of phosphoric acid groups is 1. The van der Waals surface area contributed by atoms with Crippen LogP contribution >= 0.6 is 7.82 Å². The average Bonchev–Trinajstić information content (AvgIpc) is 3.37. The molecule has 3 unspecified atom stereocenters. The van der Waals surface area contributed by atoms with E-state index in [1.807, 2.05) is 6.08 Å². The molecule has 0 aliphatic heterocycles. The van der Waals surface area contributed by atoms with Crippen LogP contribution in [0.15, 0.2) is 122 Å². The zero-order chi connectivity index (χ0) is 52.7. The minimum atomic E-state index is -4.77. The summed E-state index contributed by atoms with van der Waals surface area (Å²) in [6, 6.07) is 0. The molecular formula is C60H97O11P. The number of esters is 3. The summed E-state index contributed by atoms with van der Waals surface area (Å²) >= 11 is 0. The van der Waals surface area contributed by atoms with E-state index in [0.717, 1.165) is 135 Å². The molecule has 2 N–H and O–H groups in total. The summed E-state index contributed by atoms with van der Waals surface area (Å²) < 4.78 is 39.4. The fraction of sp³-hybridized carbons (Fsp3) is 0.617. The van der Waals surface area contributed by atoms with E-state index in [9.17, 15) is 28.9 Å². The van der Waals surface area contributed by atoms with Gasteiger partial charge in [0.1, 0.15) is 12.7 Å². The summed E-state index contributed by atoms with van der Waals surface area (Å²) in [6.07, 6.45) is 64.5. The highest BCUT2D eigenvalue weighted by Gasteiger charge is 2.28. The first kappa shape index (κ1) is 67.9. The standard InChI is InChI=1S/C60H97O11P/c1-4-7-10-13-16-19-22-25-27-28-30-32-34-37-40-43-46-49-58(62)67-53-57(71-60(64)51-48-45-42-39-36-33-29-26-23-20-17-14-11-8-5-2)55-69-72(65,66)68-54-56(52-61)70-59(63)50-47-44-41-38-35-31-24-21-18-15-12-9-6-3/h7-8,10-12,15-17,19-21,24-27,29-30,32,37,40,56-57,61H,4-6,9,13-14,18,22-23,28,31,33-36,38-39,41-55H2,1-3H3,(H,65,66)/b10-7-,11-8-,15-12-,19-16-,20-17-,24-21-,27-25-,29-26-,32-30-,40-37-. The number of aliphatic hydroxyl groups is 1. The first-order valence-electron chi connectivity index (χ1n) is 27.4. The lowest BCUT2D eigenvalue weighted by atomic mass is 10.1. The minimum Gasteiger partial charge on any atom is -0.462 e. The molecule has 0 heterocycles. The molecular weight excluding hydrogens is 928 g/mol. The Kier molecular flexibility index (Phi) is 50.1. The van der Waals surface area contributed by atoms with Gasteiger partial charge in [0.2, 0.25) is 0 Å². The average molecular weight is 1030 g/mol. The van der Waals surface area contributed by atoms with E-state index in [4.69, 9.17) is 23.3 Å². The van der Waals surface area contributed by atoms with Crippen LogP contribution in [0.3, 0.4) is 0 Å². The number of unbranched alkanes of at least 4 members (excludes halogenated alkanes) is 12. The molecule has 0 radical (unpaired) electrons. The molecule has 0 aliphatic rings. The third-order valence-corrected chi connectivity index (χ3v) is 11.8. The highest BCUT2D eigenvalue weighted by Crippen LogP contribution is 2.43. The summed E-state index contributed by atoms with van der Waals surface area (Å²) in [5.74, 6) is -1.59. The highest BCUT2D eigenvalue weighted by molar-refractivity contribution is 7.47. The smallest absolute Gasteiger partial charge is 0.462 e. The first-order chi connectivity index (χ1) is 35.2. The third-order valence-electron chi connectivity index (χ3n) is 10.8. The fourth-order valence-corrected chi connectivity index (χ4v) is 7.52. The van der Waals surface area contributed by atoms with E-state index in [1.165, 1.54) is 0 Å². The maximum Gasteiger partial charge on any atom is 0.472 e. The highest BCUT2D eigenvalue weighted by atomic mass is 31.2. The predicted molar refractivity (Wildman–Crippen MR) is 297 cm³/mol. The summed E-state index contributed by atoms with van der Waals surface area (Å²) in [6.45, 7) is 4.22. The van der Waals surface area contributed by atoms with Crippen LogP contribution in [-0.2, 0) is 42.2 Å². The SMILES string of the molecule is CC/C=C\C/C=C\C/C=C\C/C=C\C/C=C\CCCC(=O)OCC(COP(=O)(O)OCC(CO)OC(=O)CCCCCCC/C=C\C/C=C\CCC)OC(=O)CCCCCCC/C=C\C/C=C\C/C=C\CC. The van der Waals surface area contributed by atoms with Crippen LogP contribution in [0.4, 0.5) is 0 Å². The van der Waals surface area contributed by atoms with Gasteiger partial charge in [-0.3, -0.25) is 23.4 Å². The van der Waals surface area contributed by atoms with Crippen LogP contribution in [0.2, 0.25) is 0 Å². The molecule has 72 heavy (non-hydrogen) atoms. The van der Waals surface area contributed by atoms with Crippen LogP contribution in [0.5, 0.6) is 0 Å². The number of ether oxygens (including phenoxy) is 3. The molecule has 0 aliphatic carbocycles. The van der Waals surface area contributed by atoms with E-state index in [2.05, 4.69) is 136 Å². The number of hydrogen-bond donors (Lipinski definition) is 2. The van der Waals surface area contributed by atoms with Gasteiger partial charge in [0.25, 0.3) is 0 Å².